The van der Waals surface area contributed by atoms with E-state index in [4.69, 9.17) is 28.4 Å². The molecule has 16 atom stereocenters. The summed E-state index contributed by atoms with van der Waals surface area (Å²) in [5.74, 6) is -2.96. The van der Waals surface area contributed by atoms with Gasteiger partial charge in [0, 0.05) is 37.7 Å². The smallest absolute Gasteiger partial charge is 0.308 e. The molecule has 14 nitrogen and oxygen atoms in total. The molecule has 5 unspecified atom stereocenters. The second-order valence-electron chi connectivity index (χ2n) is 14.9. The lowest BCUT2D eigenvalue weighted by Crippen LogP contribution is -2.65. The molecule has 14 heteroatoms. The number of hydrogen-bond donors (Lipinski definition) is 4. The number of aliphatic hydroxyl groups is 4. The molecular weight excluding hydrogens is 666 g/mol. The molecule has 0 aromatic carbocycles. The van der Waals surface area contributed by atoms with E-state index in [0.29, 0.717) is 6.29 Å². The zero-order chi connectivity index (χ0) is 38.2. The van der Waals surface area contributed by atoms with Gasteiger partial charge in [-0.3, -0.25) is 9.59 Å². The zero-order valence-corrected chi connectivity index (χ0v) is 31.5. The summed E-state index contributed by atoms with van der Waals surface area (Å²) in [5.41, 5.74) is -1.04. The van der Waals surface area contributed by atoms with Gasteiger partial charge in [-0.2, -0.15) is 0 Å². The van der Waals surface area contributed by atoms with Crippen molar-refractivity contribution in [3.05, 3.63) is 24.3 Å². The summed E-state index contributed by atoms with van der Waals surface area (Å²) in [6.07, 6.45) is -3.11. The number of carbonyl (C=O) groups is 3. The maximum Gasteiger partial charge on any atom is 0.308 e. The molecular formula is C37H61NO13. The fourth-order valence-corrected chi connectivity index (χ4v) is 7.29. The highest BCUT2D eigenvalue weighted by Crippen LogP contribution is 2.38. The highest BCUT2D eigenvalue weighted by atomic mass is 16.7. The van der Waals surface area contributed by atoms with Gasteiger partial charge < -0.3 is 58.5 Å². The van der Waals surface area contributed by atoms with Crippen molar-refractivity contribution < 1.29 is 63.2 Å². The van der Waals surface area contributed by atoms with E-state index >= 15 is 0 Å². The Morgan fingerprint density at radius 1 is 0.980 bits per heavy atom. The number of ketones is 1. The first-order valence-electron chi connectivity index (χ1n) is 18.0. The Balaban J connectivity index is 1.96. The van der Waals surface area contributed by atoms with Crippen LogP contribution >= 0.6 is 0 Å². The van der Waals surface area contributed by atoms with Crippen LogP contribution in [0.25, 0.3) is 0 Å². The third-order valence-corrected chi connectivity index (χ3v) is 10.8. The first-order valence-corrected chi connectivity index (χ1v) is 18.0. The maximum atomic E-state index is 13.2. The van der Waals surface area contributed by atoms with Crippen LogP contribution in [0.5, 0.6) is 0 Å². The second-order valence-corrected chi connectivity index (χ2v) is 14.9. The first-order chi connectivity index (χ1) is 23.9. The molecule has 2 saturated heterocycles. The van der Waals surface area contributed by atoms with Crippen LogP contribution in [-0.2, 0) is 42.8 Å². The van der Waals surface area contributed by atoms with Gasteiger partial charge in [-0.15, -0.1) is 0 Å². The van der Waals surface area contributed by atoms with E-state index in [9.17, 15) is 34.8 Å². The Bertz CT molecular complexity index is 1190. The van der Waals surface area contributed by atoms with Crippen LogP contribution in [0.1, 0.15) is 67.2 Å². The lowest BCUT2D eigenvalue weighted by molar-refractivity contribution is -0.340. The minimum absolute atomic E-state index is 0.0884. The number of rotatable bonds is 9. The monoisotopic (exact) mass is 727 g/mol. The fourth-order valence-electron chi connectivity index (χ4n) is 7.29. The van der Waals surface area contributed by atoms with Crippen LogP contribution in [0, 0.1) is 23.7 Å². The molecule has 292 valence electrons. The molecule has 4 N–H and O–H groups in total. The summed E-state index contributed by atoms with van der Waals surface area (Å²) in [6.45, 7) is 10.3. The number of methoxy groups -OCH3 is 1. The topological polar surface area (TPSA) is 191 Å². The normalized spacial score (nSPS) is 44.9. The van der Waals surface area contributed by atoms with Crippen molar-refractivity contribution in [1.29, 1.82) is 0 Å². The van der Waals surface area contributed by atoms with E-state index in [1.807, 2.05) is 13.8 Å². The Morgan fingerprint density at radius 2 is 1.67 bits per heavy atom. The van der Waals surface area contributed by atoms with Crippen molar-refractivity contribution in [2.24, 2.45) is 23.7 Å². The SMILES string of the molecule is CO[C@@H]1[C@@H](O[C@@H]2O[C@H](C)C(O[C@H]3CC(C)(O)C(C)[C@@H](C)O3)C(N(C)C)C2O)[C@@H](CC=O)C[C@@H](C)C(=O)/C=C/C=C/[C@H](CO)[C@@H](C)OC(=O)C[C@H]1O. The highest BCUT2D eigenvalue weighted by Gasteiger charge is 2.51. The van der Waals surface area contributed by atoms with Crippen molar-refractivity contribution >= 4 is 18.0 Å². The molecule has 2 fully saturated rings. The van der Waals surface area contributed by atoms with Gasteiger partial charge in [-0.25, -0.2) is 0 Å². The van der Waals surface area contributed by atoms with Crippen LogP contribution in [-0.4, -0.2) is 144 Å². The molecule has 0 aliphatic carbocycles. The second kappa shape index (κ2) is 19.3. The first kappa shape index (κ1) is 43.3. The third kappa shape index (κ3) is 11.2. The van der Waals surface area contributed by atoms with Crippen molar-refractivity contribution in [2.45, 2.75) is 140 Å². The largest absolute Gasteiger partial charge is 0.462 e. The zero-order valence-electron chi connectivity index (χ0n) is 31.5. The molecule has 0 bridgehead atoms. The number of ether oxygens (including phenoxy) is 6. The number of aldehydes is 1. The third-order valence-electron chi connectivity index (χ3n) is 10.8. The number of hydrogen-bond acceptors (Lipinski definition) is 14. The van der Waals surface area contributed by atoms with Crippen LogP contribution in [0.3, 0.4) is 0 Å². The van der Waals surface area contributed by atoms with Crippen LogP contribution in [0.4, 0.5) is 0 Å². The summed E-state index contributed by atoms with van der Waals surface area (Å²) in [7, 11) is 4.87. The number of allylic oxidation sites excluding steroid dienone is 3. The van der Waals surface area contributed by atoms with Gasteiger partial charge in [0.2, 0.25) is 0 Å². The van der Waals surface area contributed by atoms with Gasteiger partial charge in [-0.05, 0) is 60.2 Å². The lowest BCUT2D eigenvalue weighted by Gasteiger charge is -2.50. The summed E-state index contributed by atoms with van der Waals surface area (Å²) in [4.78, 5) is 40.0. The average Bonchev–Trinajstić information content (AvgIpc) is 3.04. The Labute approximate surface area is 302 Å². The van der Waals surface area contributed by atoms with E-state index in [1.165, 1.54) is 13.2 Å². The van der Waals surface area contributed by atoms with Crippen molar-refractivity contribution in [3.63, 3.8) is 0 Å². The van der Waals surface area contributed by atoms with Gasteiger partial charge in [0.15, 0.2) is 18.4 Å². The van der Waals surface area contributed by atoms with Crippen molar-refractivity contribution in [3.8, 4) is 0 Å². The Hall–Kier alpha value is -2.11. The molecule has 3 aliphatic rings. The number of likely N-dealkylation sites (N-methyl/N-ethyl adjacent to an activating group) is 1. The number of cyclic esters (lactones) is 1. The minimum atomic E-state index is -1.49. The molecule has 0 aromatic heterocycles. The van der Waals surface area contributed by atoms with E-state index in [-0.39, 0.29) is 43.7 Å². The van der Waals surface area contributed by atoms with Crippen molar-refractivity contribution in [2.75, 3.05) is 27.8 Å². The number of nitrogens with zero attached hydrogens (tertiary/aromatic N) is 1. The molecule has 3 aliphatic heterocycles. The van der Waals surface area contributed by atoms with E-state index in [1.54, 1.807) is 64.9 Å². The summed E-state index contributed by atoms with van der Waals surface area (Å²) in [5, 5.41) is 44.1. The quantitative estimate of drug-likeness (QED) is 0.198. The average molecular weight is 728 g/mol. The predicted octanol–water partition coefficient (Wildman–Crippen LogP) is 1.55. The van der Waals surface area contributed by atoms with Crippen LogP contribution in [0.15, 0.2) is 24.3 Å². The lowest BCUT2D eigenvalue weighted by atomic mass is 9.82. The van der Waals surface area contributed by atoms with E-state index in [0.717, 1.165) is 0 Å². The van der Waals surface area contributed by atoms with Gasteiger partial charge >= 0.3 is 5.97 Å². The Morgan fingerprint density at radius 3 is 2.25 bits per heavy atom. The van der Waals surface area contributed by atoms with Gasteiger partial charge in [0.1, 0.15) is 30.7 Å². The van der Waals surface area contributed by atoms with E-state index in [2.05, 4.69) is 0 Å². The molecule has 0 spiro atoms. The molecule has 0 amide bonds. The molecule has 0 aromatic rings. The molecule has 51 heavy (non-hydrogen) atoms. The van der Waals surface area contributed by atoms with E-state index < -0.39 is 97.1 Å². The number of aliphatic hydroxyl groups excluding tert-OH is 3. The predicted molar refractivity (Wildman–Crippen MR) is 185 cm³/mol. The number of carbonyl (C=O) groups excluding carboxylic acids is 3. The van der Waals surface area contributed by atoms with Gasteiger partial charge in [0.25, 0.3) is 0 Å². The van der Waals surface area contributed by atoms with Crippen LogP contribution in [0.2, 0.25) is 0 Å². The Kier molecular flexibility index (Phi) is 16.4. The standard InChI is InChI=1S/C37H61NO13/c1-20-16-25(14-15-39)34(35(46-9)28(42)17-29(43)47-23(4)26(19-40)12-10-11-13-27(20)41)51-36-32(44)31(38(7)8)33(24(5)49-36)50-30-18-37(6,45)21(2)22(3)48-30/h10-13,15,20-26,28,30-36,40,42,44-45H,14,16-19H2,1-9H3/b12-10+,13-11+/t20-,21?,22-,23-,24-,25+,26-,28-,30+,31?,32?,33?,34+,35+,36+,37?/m1/s1. The molecule has 0 radical (unpaired) electrons. The maximum absolute atomic E-state index is 13.2. The fraction of sp³-hybridized carbons (Fsp3) is 0.811. The molecule has 3 heterocycles. The van der Waals surface area contributed by atoms with Gasteiger partial charge in [0.05, 0.1) is 49.1 Å². The summed E-state index contributed by atoms with van der Waals surface area (Å²) >= 11 is 0. The molecule has 0 saturated carbocycles. The highest BCUT2D eigenvalue weighted by molar-refractivity contribution is 5.91. The van der Waals surface area contributed by atoms with Gasteiger partial charge in [-0.1, -0.05) is 32.1 Å². The summed E-state index contributed by atoms with van der Waals surface area (Å²) < 4.78 is 36.6. The minimum Gasteiger partial charge on any atom is -0.462 e. The van der Waals surface area contributed by atoms with Crippen LogP contribution < -0.4 is 0 Å². The number of esters is 1. The van der Waals surface area contributed by atoms with Crippen molar-refractivity contribution in [1.82, 2.24) is 4.90 Å². The molecule has 3 rings (SSSR count). The summed E-state index contributed by atoms with van der Waals surface area (Å²) in [6, 6.07) is -0.696.